The minimum Gasteiger partial charge on any atom is -0.340 e. The summed E-state index contributed by atoms with van der Waals surface area (Å²) in [6.07, 6.45) is 7.03. The molecule has 0 unspecified atom stereocenters. The highest BCUT2D eigenvalue weighted by Crippen LogP contribution is 2.29. The second kappa shape index (κ2) is 8.70. The Kier molecular flexibility index (Phi) is 5.43. The lowest BCUT2D eigenvalue weighted by atomic mass is 10.0. The molecule has 0 aliphatic carbocycles. The summed E-state index contributed by atoms with van der Waals surface area (Å²) < 4.78 is 13.4. The highest BCUT2D eigenvalue weighted by Gasteiger charge is 2.27. The Labute approximate surface area is 189 Å². The number of hydrogen-bond donors (Lipinski definition) is 1. The fourth-order valence-electron chi connectivity index (χ4n) is 3.65. The summed E-state index contributed by atoms with van der Waals surface area (Å²) >= 11 is 0. The van der Waals surface area contributed by atoms with Gasteiger partial charge in [0.05, 0.1) is 24.1 Å². The van der Waals surface area contributed by atoms with E-state index in [1.165, 1.54) is 18.3 Å². The number of anilines is 2. The van der Waals surface area contributed by atoms with Gasteiger partial charge in [0.25, 0.3) is 5.91 Å². The van der Waals surface area contributed by atoms with Crippen molar-refractivity contribution >= 4 is 17.4 Å². The lowest BCUT2D eigenvalue weighted by Crippen LogP contribution is -2.37. The van der Waals surface area contributed by atoms with Crippen molar-refractivity contribution in [2.24, 2.45) is 0 Å². The highest BCUT2D eigenvalue weighted by atomic mass is 19.1. The van der Waals surface area contributed by atoms with E-state index >= 15 is 0 Å². The zero-order valence-electron chi connectivity index (χ0n) is 17.9. The minimum absolute atomic E-state index is 0.197. The van der Waals surface area contributed by atoms with Crippen LogP contribution in [0.1, 0.15) is 27.4 Å². The minimum atomic E-state index is -0.322. The van der Waals surface area contributed by atoms with Gasteiger partial charge in [-0.1, -0.05) is 0 Å². The molecular formula is C24H20FN7O. The second-order valence-electron chi connectivity index (χ2n) is 7.71. The predicted molar refractivity (Wildman–Crippen MR) is 120 cm³/mol. The van der Waals surface area contributed by atoms with E-state index in [9.17, 15) is 9.18 Å². The molecule has 4 heterocycles. The van der Waals surface area contributed by atoms with Crippen molar-refractivity contribution in [1.82, 2.24) is 29.8 Å². The summed E-state index contributed by atoms with van der Waals surface area (Å²) in [5.74, 6) is 0.586. The standard InChI is InChI=1S/C24H20FN7O/c1-15-11-28-21(13-27-15)24(33)32-10-8-20-19(14-32)23(29-18-6-4-17(25)5-7-18)31-22(30-20)16-3-2-9-26-12-16/h2-7,9,11-13H,8,10,14H2,1H3,(H,29,30,31). The molecule has 33 heavy (non-hydrogen) atoms. The second-order valence-corrected chi connectivity index (χ2v) is 7.71. The molecule has 1 aliphatic heterocycles. The quantitative estimate of drug-likeness (QED) is 0.516. The van der Waals surface area contributed by atoms with Crippen molar-refractivity contribution in [3.05, 3.63) is 89.6 Å². The van der Waals surface area contributed by atoms with Crippen molar-refractivity contribution in [3.63, 3.8) is 0 Å². The smallest absolute Gasteiger partial charge is 0.274 e. The molecule has 0 atom stereocenters. The van der Waals surface area contributed by atoms with Gasteiger partial charge in [-0.3, -0.25) is 14.8 Å². The molecule has 164 valence electrons. The first-order valence-electron chi connectivity index (χ1n) is 10.5. The normalized spacial score (nSPS) is 12.8. The Balaban J connectivity index is 1.51. The average molecular weight is 441 g/mol. The van der Waals surface area contributed by atoms with E-state index in [0.29, 0.717) is 42.5 Å². The van der Waals surface area contributed by atoms with E-state index in [2.05, 4.69) is 20.3 Å². The summed E-state index contributed by atoms with van der Waals surface area (Å²) in [4.78, 5) is 36.8. The molecule has 1 N–H and O–H groups in total. The summed E-state index contributed by atoms with van der Waals surface area (Å²) in [6.45, 7) is 2.64. The largest absolute Gasteiger partial charge is 0.340 e. The van der Waals surface area contributed by atoms with Gasteiger partial charge in [-0.15, -0.1) is 0 Å². The van der Waals surface area contributed by atoms with Crippen molar-refractivity contribution < 1.29 is 9.18 Å². The monoisotopic (exact) mass is 441 g/mol. The summed E-state index contributed by atoms with van der Waals surface area (Å²) in [5, 5.41) is 3.27. The van der Waals surface area contributed by atoms with Crippen LogP contribution in [0, 0.1) is 12.7 Å². The first kappa shape index (κ1) is 20.6. The molecule has 9 heteroatoms. The van der Waals surface area contributed by atoms with Gasteiger partial charge >= 0.3 is 0 Å². The zero-order chi connectivity index (χ0) is 22.8. The Bertz CT molecular complexity index is 1300. The molecule has 8 nitrogen and oxygen atoms in total. The van der Waals surface area contributed by atoms with Gasteiger partial charge in [-0.25, -0.2) is 19.3 Å². The lowest BCUT2D eigenvalue weighted by Gasteiger charge is -2.29. The maximum atomic E-state index is 13.4. The number of rotatable bonds is 4. The van der Waals surface area contributed by atoms with Crippen molar-refractivity contribution in [2.75, 3.05) is 11.9 Å². The number of benzene rings is 1. The number of pyridine rings is 1. The molecular weight excluding hydrogens is 421 g/mol. The molecule has 5 rings (SSSR count). The van der Waals surface area contributed by atoms with Gasteiger partial charge in [-0.2, -0.15) is 0 Å². The van der Waals surface area contributed by atoms with Crippen molar-refractivity contribution in [3.8, 4) is 11.4 Å². The van der Waals surface area contributed by atoms with E-state index in [4.69, 9.17) is 9.97 Å². The number of amides is 1. The van der Waals surface area contributed by atoms with E-state index in [-0.39, 0.29) is 11.7 Å². The summed E-state index contributed by atoms with van der Waals surface area (Å²) in [6, 6.07) is 9.76. The highest BCUT2D eigenvalue weighted by molar-refractivity contribution is 5.92. The maximum absolute atomic E-state index is 13.4. The number of carbonyl (C=O) groups is 1. The molecule has 0 spiro atoms. The predicted octanol–water partition coefficient (Wildman–Crippen LogP) is 3.72. The van der Waals surface area contributed by atoms with E-state index < -0.39 is 0 Å². The van der Waals surface area contributed by atoms with Crippen molar-refractivity contribution in [2.45, 2.75) is 19.9 Å². The van der Waals surface area contributed by atoms with Crippen LogP contribution in [0.2, 0.25) is 0 Å². The molecule has 0 fully saturated rings. The molecule has 1 aromatic carbocycles. The van der Waals surface area contributed by atoms with Crippen LogP contribution in [0.5, 0.6) is 0 Å². The fraction of sp³-hybridized carbons (Fsp3) is 0.167. The van der Waals surface area contributed by atoms with Gasteiger partial charge < -0.3 is 10.2 Å². The number of nitrogens with zero attached hydrogens (tertiary/aromatic N) is 6. The van der Waals surface area contributed by atoms with Crippen LogP contribution in [0.4, 0.5) is 15.9 Å². The molecule has 0 saturated heterocycles. The van der Waals surface area contributed by atoms with Crippen LogP contribution in [0.15, 0.2) is 61.2 Å². The van der Waals surface area contributed by atoms with E-state index in [1.54, 1.807) is 35.6 Å². The first-order valence-corrected chi connectivity index (χ1v) is 10.5. The van der Waals surface area contributed by atoms with Gasteiger partial charge in [0.2, 0.25) is 0 Å². The van der Waals surface area contributed by atoms with E-state index in [1.807, 2.05) is 19.1 Å². The fourth-order valence-corrected chi connectivity index (χ4v) is 3.65. The third-order valence-corrected chi connectivity index (χ3v) is 5.37. The zero-order valence-corrected chi connectivity index (χ0v) is 17.9. The average Bonchev–Trinajstić information content (AvgIpc) is 2.85. The topological polar surface area (TPSA) is 96.8 Å². The number of nitrogens with one attached hydrogen (secondary N) is 1. The van der Waals surface area contributed by atoms with Gasteiger partial charge in [0.1, 0.15) is 17.3 Å². The Hall–Kier alpha value is -4.27. The third-order valence-electron chi connectivity index (χ3n) is 5.37. The number of aryl methyl sites for hydroxylation is 1. The number of hydrogen-bond acceptors (Lipinski definition) is 7. The first-order chi connectivity index (χ1) is 16.1. The molecule has 3 aromatic heterocycles. The number of halogens is 1. The lowest BCUT2D eigenvalue weighted by molar-refractivity contribution is 0.0727. The Morgan fingerprint density at radius 2 is 1.91 bits per heavy atom. The van der Waals surface area contributed by atoms with Crippen LogP contribution >= 0.6 is 0 Å². The SMILES string of the molecule is Cc1cnc(C(=O)N2CCc3nc(-c4cccnc4)nc(Nc4ccc(F)cc4)c3C2)cn1. The Morgan fingerprint density at radius 1 is 1.06 bits per heavy atom. The van der Waals surface area contributed by atoms with Crippen LogP contribution in [-0.2, 0) is 13.0 Å². The van der Waals surface area contributed by atoms with Gasteiger partial charge in [0, 0.05) is 48.4 Å². The molecule has 1 amide bonds. The molecule has 0 saturated carbocycles. The van der Waals surface area contributed by atoms with Crippen LogP contribution in [0.25, 0.3) is 11.4 Å². The van der Waals surface area contributed by atoms with Crippen LogP contribution in [0.3, 0.4) is 0 Å². The summed E-state index contributed by atoms with van der Waals surface area (Å²) in [5.41, 5.74) is 4.18. The molecule has 0 radical (unpaired) electrons. The Morgan fingerprint density at radius 3 is 2.64 bits per heavy atom. The van der Waals surface area contributed by atoms with Crippen LogP contribution in [-0.4, -0.2) is 42.3 Å². The maximum Gasteiger partial charge on any atom is 0.274 e. The summed E-state index contributed by atoms with van der Waals surface area (Å²) in [7, 11) is 0. The van der Waals surface area contributed by atoms with Gasteiger partial charge in [0.15, 0.2) is 5.82 Å². The molecule has 4 aromatic rings. The molecule has 1 aliphatic rings. The van der Waals surface area contributed by atoms with Crippen LogP contribution < -0.4 is 5.32 Å². The van der Waals surface area contributed by atoms with Gasteiger partial charge in [-0.05, 0) is 43.3 Å². The number of fused-ring (bicyclic) bond motifs is 1. The number of carbonyl (C=O) groups excluding carboxylic acids is 1. The molecule has 0 bridgehead atoms. The van der Waals surface area contributed by atoms with Crippen molar-refractivity contribution in [1.29, 1.82) is 0 Å². The van der Waals surface area contributed by atoms with E-state index in [0.717, 1.165) is 22.5 Å². The third kappa shape index (κ3) is 4.38. The number of aromatic nitrogens is 5.